The van der Waals surface area contributed by atoms with Gasteiger partial charge >= 0.3 is 0 Å². The number of carbonyl (C=O) groups is 1. The van der Waals surface area contributed by atoms with Crippen LogP contribution in [0.25, 0.3) is 16.4 Å². The fourth-order valence-electron chi connectivity index (χ4n) is 2.66. The third-order valence-electron chi connectivity index (χ3n) is 3.99. The number of rotatable bonds is 7. The number of hydrogen-bond donors (Lipinski definition) is 1. The van der Waals surface area contributed by atoms with Gasteiger partial charge in [-0.05, 0) is 29.1 Å². The van der Waals surface area contributed by atoms with E-state index in [1.165, 1.54) is 0 Å². The van der Waals surface area contributed by atoms with Gasteiger partial charge in [0.05, 0.1) is 10.6 Å². The first-order valence-electron chi connectivity index (χ1n) is 8.51. The largest absolute Gasteiger partial charge is 0.352 e. The van der Waals surface area contributed by atoms with Gasteiger partial charge in [-0.15, -0.1) is 11.3 Å². The first kappa shape index (κ1) is 17.2. The van der Waals surface area contributed by atoms with Gasteiger partial charge in [0.2, 0.25) is 17.6 Å². The predicted octanol–water partition coefficient (Wildman–Crippen LogP) is 3.23. The molecule has 0 aliphatic rings. The molecule has 3 heterocycles. The van der Waals surface area contributed by atoms with Crippen LogP contribution in [0.3, 0.4) is 0 Å². The van der Waals surface area contributed by atoms with Gasteiger partial charge in [-0.3, -0.25) is 4.79 Å². The highest BCUT2D eigenvalue weighted by atomic mass is 32.1. The maximum atomic E-state index is 12.2. The van der Waals surface area contributed by atoms with Crippen molar-refractivity contribution in [1.29, 1.82) is 0 Å². The summed E-state index contributed by atoms with van der Waals surface area (Å²) < 4.78 is 7.01. The lowest BCUT2D eigenvalue weighted by Crippen LogP contribution is -2.23. The van der Waals surface area contributed by atoms with E-state index in [0.717, 1.165) is 16.1 Å². The molecule has 0 atom stereocenters. The average molecular weight is 379 g/mol. The van der Waals surface area contributed by atoms with Crippen molar-refractivity contribution in [3.05, 3.63) is 71.7 Å². The second-order valence-electron chi connectivity index (χ2n) is 5.85. The summed E-state index contributed by atoms with van der Waals surface area (Å²) in [5.41, 5.74) is 1.94. The summed E-state index contributed by atoms with van der Waals surface area (Å²) in [5, 5.41) is 13.1. The Morgan fingerprint density at radius 1 is 1.19 bits per heavy atom. The fourth-order valence-corrected chi connectivity index (χ4v) is 3.31. The molecule has 27 heavy (non-hydrogen) atoms. The van der Waals surface area contributed by atoms with Crippen molar-refractivity contribution in [1.82, 2.24) is 25.2 Å². The van der Waals surface area contributed by atoms with E-state index in [9.17, 15) is 4.79 Å². The molecule has 0 saturated carbocycles. The highest BCUT2D eigenvalue weighted by Crippen LogP contribution is 2.21. The molecule has 4 rings (SSSR count). The van der Waals surface area contributed by atoms with Crippen LogP contribution in [0.5, 0.6) is 0 Å². The van der Waals surface area contributed by atoms with E-state index in [1.807, 2.05) is 54.0 Å². The summed E-state index contributed by atoms with van der Waals surface area (Å²) in [7, 11) is 0. The van der Waals surface area contributed by atoms with Gasteiger partial charge < -0.3 is 9.84 Å². The lowest BCUT2D eigenvalue weighted by molar-refractivity contribution is -0.121. The maximum absolute atomic E-state index is 12.2. The van der Waals surface area contributed by atoms with E-state index in [2.05, 4.69) is 20.6 Å². The maximum Gasteiger partial charge on any atom is 0.227 e. The minimum Gasteiger partial charge on any atom is -0.352 e. The van der Waals surface area contributed by atoms with Gasteiger partial charge in [0.1, 0.15) is 0 Å². The van der Waals surface area contributed by atoms with Gasteiger partial charge in [-0.1, -0.05) is 29.4 Å². The molecule has 0 aliphatic carbocycles. The zero-order valence-corrected chi connectivity index (χ0v) is 15.2. The number of hydrogen-bond acceptors (Lipinski definition) is 6. The number of para-hydroxylation sites is 1. The minimum atomic E-state index is -0.0684. The third-order valence-corrected chi connectivity index (χ3v) is 4.86. The number of benzene rings is 1. The summed E-state index contributed by atoms with van der Waals surface area (Å²) in [4.78, 5) is 17.5. The quantitative estimate of drug-likeness (QED) is 0.533. The number of thiophene rings is 1. The summed E-state index contributed by atoms with van der Waals surface area (Å²) in [6, 6.07) is 13.6. The van der Waals surface area contributed by atoms with Crippen molar-refractivity contribution in [3.8, 4) is 16.4 Å². The monoisotopic (exact) mass is 379 g/mol. The van der Waals surface area contributed by atoms with Gasteiger partial charge in [0.25, 0.3) is 0 Å². The van der Waals surface area contributed by atoms with Crippen LogP contribution in [0, 0.1) is 0 Å². The topological polar surface area (TPSA) is 85.8 Å². The van der Waals surface area contributed by atoms with E-state index in [4.69, 9.17) is 4.52 Å². The van der Waals surface area contributed by atoms with Crippen molar-refractivity contribution < 1.29 is 9.32 Å². The Hall–Kier alpha value is -3.26. The van der Waals surface area contributed by atoms with Crippen LogP contribution in [0.4, 0.5) is 0 Å². The lowest BCUT2D eigenvalue weighted by Gasteiger charge is -2.10. The number of carbonyl (C=O) groups excluding carboxylic acids is 1. The summed E-state index contributed by atoms with van der Waals surface area (Å²) in [6.07, 6.45) is 4.30. The smallest absolute Gasteiger partial charge is 0.227 e. The summed E-state index contributed by atoms with van der Waals surface area (Å²) >= 11 is 1.55. The Morgan fingerprint density at radius 2 is 2.11 bits per heavy atom. The Morgan fingerprint density at radius 3 is 2.93 bits per heavy atom. The van der Waals surface area contributed by atoms with Gasteiger partial charge in [-0.2, -0.15) is 10.1 Å². The van der Waals surface area contributed by atoms with Crippen molar-refractivity contribution in [3.63, 3.8) is 0 Å². The molecule has 4 aromatic rings. The second kappa shape index (κ2) is 7.96. The molecule has 7 nitrogen and oxygen atoms in total. The van der Waals surface area contributed by atoms with E-state index in [-0.39, 0.29) is 12.3 Å². The van der Waals surface area contributed by atoms with Crippen LogP contribution in [-0.4, -0.2) is 25.8 Å². The molecule has 136 valence electrons. The normalized spacial score (nSPS) is 10.8. The molecule has 1 N–H and O–H groups in total. The van der Waals surface area contributed by atoms with Crippen LogP contribution in [0.2, 0.25) is 0 Å². The molecular weight excluding hydrogens is 362 g/mol. The van der Waals surface area contributed by atoms with Gasteiger partial charge in [0, 0.05) is 31.8 Å². The molecule has 1 aromatic carbocycles. The predicted molar refractivity (Wildman–Crippen MR) is 101 cm³/mol. The molecule has 0 spiro atoms. The Balaban J connectivity index is 1.32. The van der Waals surface area contributed by atoms with Gasteiger partial charge in [0.15, 0.2) is 0 Å². The van der Waals surface area contributed by atoms with Crippen LogP contribution in [0.15, 0.2) is 64.8 Å². The summed E-state index contributed by atoms with van der Waals surface area (Å²) in [5.74, 6) is 0.959. The van der Waals surface area contributed by atoms with Crippen molar-refractivity contribution >= 4 is 17.2 Å². The molecule has 0 unspecified atom stereocenters. The summed E-state index contributed by atoms with van der Waals surface area (Å²) in [6.45, 7) is 0.430. The molecule has 0 fully saturated rings. The van der Waals surface area contributed by atoms with Crippen LogP contribution in [0.1, 0.15) is 17.9 Å². The molecule has 0 aliphatic heterocycles. The third kappa shape index (κ3) is 4.12. The molecule has 0 saturated heterocycles. The number of aromatic nitrogens is 4. The highest BCUT2D eigenvalue weighted by Gasteiger charge is 2.12. The van der Waals surface area contributed by atoms with E-state index in [0.29, 0.717) is 24.7 Å². The second-order valence-corrected chi connectivity index (χ2v) is 6.79. The van der Waals surface area contributed by atoms with Crippen molar-refractivity contribution in [2.24, 2.45) is 0 Å². The molecule has 3 aromatic heterocycles. The van der Waals surface area contributed by atoms with E-state index < -0.39 is 0 Å². The Labute approximate surface area is 159 Å². The highest BCUT2D eigenvalue weighted by molar-refractivity contribution is 7.13. The average Bonchev–Trinajstić information content (AvgIpc) is 3.46. The van der Waals surface area contributed by atoms with Crippen molar-refractivity contribution in [2.75, 3.05) is 0 Å². The molecular formula is C19H17N5O2S. The zero-order valence-electron chi connectivity index (χ0n) is 14.4. The standard InChI is InChI=1S/C19H17N5O2S/c25-17(8-9-18-22-19(23-26-18)16-7-3-12-27-16)20-13-14-5-1-2-6-15(14)24-11-4-10-21-24/h1-7,10-12H,8-9,13H2,(H,20,25). The number of nitrogens with one attached hydrogen (secondary N) is 1. The number of aryl methyl sites for hydroxylation is 1. The van der Waals surface area contributed by atoms with Crippen LogP contribution < -0.4 is 5.32 Å². The first-order valence-corrected chi connectivity index (χ1v) is 9.38. The molecule has 8 heteroatoms. The zero-order chi connectivity index (χ0) is 18.5. The number of nitrogens with zero attached hydrogens (tertiary/aromatic N) is 4. The minimum absolute atomic E-state index is 0.0684. The number of amides is 1. The lowest BCUT2D eigenvalue weighted by atomic mass is 10.1. The Bertz CT molecular complexity index is 1010. The van der Waals surface area contributed by atoms with Gasteiger partial charge in [-0.25, -0.2) is 4.68 Å². The molecule has 0 bridgehead atoms. The van der Waals surface area contributed by atoms with Crippen molar-refractivity contribution in [2.45, 2.75) is 19.4 Å². The van der Waals surface area contributed by atoms with E-state index >= 15 is 0 Å². The van der Waals surface area contributed by atoms with E-state index in [1.54, 1.807) is 22.2 Å². The first-order chi connectivity index (χ1) is 13.3. The van der Waals surface area contributed by atoms with Crippen LogP contribution >= 0.6 is 11.3 Å². The molecule has 0 radical (unpaired) electrons. The van der Waals surface area contributed by atoms with Crippen LogP contribution in [-0.2, 0) is 17.8 Å². The fraction of sp³-hybridized carbons (Fsp3) is 0.158. The SMILES string of the molecule is O=C(CCc1nc(-c2cccs2)no1)NCc1ccccc1-n1cccn1. The Kier molecular flexibility index (Phi) is 5.06. The molecule has 1 amide bonds.